The molecule has 0 atom stereocenters. The maximum Gasteiger partial charge on any atom is 0.258 e. The third-order valence-electron chi connectivity index (χ3n) is 2.18. The lowest BCUT2D eigenvalue weighted by molar-refractivity contribution is -0.105. The van der Waals surface area contributed by atoms with Gasteiger partial charge in [0.2, 0.25) is 6.41 Å². The number of carbonyl (C=O) groups is 1. The Morgan fingerprint density at radius 1 is 1.31 bits per heavy atom. The van der Waals surface area contributed by atoms with E-state index in [-0.39, 0.29) is 0 Å². The summed E-state index contributed by atoms with van der Waals surface area (Å²) in [7, 11) is 1.49. The Morgan fingerprint density at radius 2 is 2.12 bits per heavy atom. The molecule has 0 saturated heterocycles. The first-order chi connectivity index (χ1) is 7.74. The van der Waals surface area contributed by atoms with Gasteiger partial charge in [0.15, 0.2) is 5.82 Å². The van der Waals surface area contributed by atoms with Crippen molar-refractivity contribution in [1.29, 1.82) is 0 Å². The molecule has 0 aliphatic heterocycles. The number of aromatic nitrogens is 2. The SMILES string of the molecule is COc1nc2ccc(C)cc2nc1NC=O. The summed E-state index contributed by atoms with van der Waals surface area (Å²) in [6.07, 6.45) is 0.550. The van der Waals surface area contributed by atoms with Crippen LogP contribution in [0.3, 0.4) is 0 Å². The molecule has 82 valence electrons. The Labute approximate surface area is 92.5 Å². The van der Waals surface area contributed by atoms with Crippen molar-refractivity contribution in [1.82, 2.24) is 9.97 Å². The van der Waals surface area contributed by atoms with Gasteiger partial charge in [0.05, 0.1) is 18.1 Å². The van der Waals surface area contributed by atoms with E-state index in [1.165, 1.54) is 7.11 Å². The van der Waals surface area contributed by atoms with E-state index < -0.39 is 0 Å². The van der Waals surface area contributed by atoms with Crippen LogP contribution < -0.4 is 10.1 Å². The summed E-state index contributed by atoms with van der Waals surface area (Å²) in [5.41, 5.74) is 2.55. The molecule has 5 nitrogen and oxygen atoms in total. The number of fused-ring (bicyclic) bond motifs is 1. The smallest absolute Gasteiger partial charge is 0.258 e. The van der Waals surface area contributed by atoms with E-state index in [1.807, 2.05) is 25.1 Å². The van der Waals surface area contributed by atoms with Gasteiger partial charge in [-0.25, -0.2) is 9.97 Å². The minimum atomic E-state index is 0.309. The average Bonchev–Trinajstić information content (AvgIpc) is 2.28. The molecule has 0 saturated carbocycles. The number of rotatable bonds is 3. The van der Waals surface area contributed by atoms with Crippen molar-refractivity contribution in [2.24, 2.45) is 0 Å². The fraction of sp³-hybridized carbons (Fsp3) is 0.182. The lowest BCUT2D eigenvalue weighted by Gasteiger charge is -2.07. The molecule has 2 rings (SSSR count). The largest absolute Gasteiger partial charge is 0.478 e. The highest BCUT2D eigenvalue weighted by atomic mass is 16.5. The highest BCUT2D eigenvalue weighted by Gasteiger charge is 2.08. The van der Waals surface area contributed by atoms with Gasteiger partial charge < -0.3 is 10.1 Å². The molecule has 2 aromatic rings. The molecule has 0 aliphatic rings. The van der Waals surface area contributed by atoms with Crippen molar-refractivity contribution in [3.8, 4) is 5.88 Å². The molecule has 0 fully saturated rings. The van der Waals surface area contributed by atoms with Gasteiger partial charge in [0.1, 0.15) is 0 Å². The molecule has 1 amide bonds. The van der Waals surface area contributed by atoms with Gasteiger partial charge in [-0.1, -0.05) is 6.07 Å². The van der Waals surface area contributed by atoms with Crippen LogP contribution in [0, 0.1) is 6.92 Å². The van der Waals surface area contributed by atoms with Crippen LogP contribution in [0.25, 0.3) is 11.0 Å². The first-order valence-corrected chi connectivity index (χ1v) is 4.77. The predicted molar refractivity (Wildman–Crippen MR) is 60.5 cm³/mol. The molecule has 16 heavy (non-hydrogen) atoms. The summed E-state index contributed by atoms with van der Waals surface area (Å²) in [5, 5.41) is 2.46. The maximum atomic E-state index is 10.4. The number of nitrogens with zero attached hydrogens (tertiary/aromatic N) is 2. The Balaban J connectivity index is 2.65. The van der Waals surface area contributed by atoms with Crippen LogP contribution in [0.2, 0.25) is 0 Å². The standard InChI is InChI=1S/C11H11N3O2/c1-7-3-4-8-9(5-7)13-10(12-6-15)11(14-8)16-2/h3-6H,1-2H3,(H,12,13,15). The number of ether oxygens (including phenoxy) is 1. The number of aryl methyl sites for hydroxylation is 1. The number of hydrogen-bond acceptors (Lipinski definition) is 4. The fourth-order valence-corrected chi connectivity index (χ4v) is 1.44. The lowest BCUT2D eigenvalue weighted by Crippen LogP contribution is -2.02. The fourth-order valence-electron chi connectivity index (χ4n) is 1.44. The molecule has 0 unspecified atom stereocenters. The van der Waals surface area contributed by atoms with Crippen molar-refractivity contribution in [2.75, 3.05) is 12.4 Å². The van der Waals surface area contributed by atoms with Crippen LogP contribution in [0.15, 0.2) is 18.2 Å². The summed E-state index contributed by atoms with van der Waals surface area (Å²) >= 11 is 0. The normalized spacial score (nSPS) is 10.1. The number of benzene rings is 1. The Hall–Kier alpha value is -2.17. The third-order valence-corrected chi connectivity index (χ3v) is 2.18. The molecule has 1 aromatic carbocycles. The molecule has 1 heterocycles. The quantitative estimate of drug-likeness (QED) is 0.791. The maximum absolute atomic E-state index is 10.4. The second kappa shape index (κ2) is 4.14. The zero-order valence-electron chi connectivity index (χ0n) is 9.02. The predicted octanol–water partition coefficient (Wildman–Crippen LogP) is 1.52. The monoisotopic (exact) mass is 217 g/mol. The second-order valence-corrected chi connectivity index (χ2v) is 3.34. The van der Waals surface area contributed by atoms with Crippen LogP contribution >= 0.6 is 0 Å². The van der Waals surface area contributed by atoms with Crippen molar-refractivity contribution >= 4 is 23.3 Å². The highest BCUT2D eigenvalue weighted by molar-refractivity contribution is 5.81. The Bertz CT molecular complexity index is 540. The van der Waals surface area contributed by atoms with Crippen molar-refractivity contribution in [3.63, 3.8) is 0 Å². The third kappa shape index (κ3) is 1.79. The minimum absolute atomic E-state index is 0.309. The first-order valence-electron chi connectivity index (χ1n) is 4.77. The van der Waals surface area contributed by atoms with E-state index in [4.69, 9.17) is 4.74 Å². The van der Waals surface area contributed by atoms with E-state index in [9.17, 15) is 4.79 Å². The van der Waals surface area contributed by atoms with Crippen molar-refractivity contribution in [3.05, 3.63) is 23.8 Å². The minimum Gasteiger partial charge on any atom is -0.478 e. The van der Waals surface area contributed by atoms with E-state index in [0.29, 0.717) is 18.1 Å². The average molecular weight is 217 g/mol. The summed E-state index contributed by atoms with van der Waals surface area (Å²) in [6.45, 7) is 1.97. The lowest BCUT2D eigenvalue weighted by atomic mass is 10.2. The zero-order valence-corrected chi connectivity index (χ0v) is 9.02. The van der Waals surface area contributed by atoms with Gasteiger partial charge in [-0.3, -0.25) is 4.79 Å². The van der Waals surface area contributed by atoms with Crippen LogP contribution in [0.4, 0.5) is 5.82 Å². The van der Waals surface area contributed by atoms with Gasteiger partial charge in [0, 0.05) is 0 Å². The zero-order chi connectivity index (χ0) is 11.5. The molecule has 0 bridgehead atoms. The van der Waals surface area contributed by atoms with E-state index in [2.05, 4.69) is 15.3 Å². The summed E-state index contributed by atoms with van der Waals surface area (Å²) in [4.78, 5) is 18.9. The van der Waals surface area contributed by atoms with Crippen LogP contribution in [0.5, 0.6) is 5.88 Å². The molecule has 0 spiro atoms. The molecule has 1 aromatic heterocycles. The molecule has 1 N–H and O–H groups in total. The number of methoxy groups -OCH3 is 1. The second-order valence-electron chi connectivity index (χ2n) is 3.34. The molecule has 0 radical (unpaired) electrons. The van der Waals surface area contributed by atoms with E-state index >= 15 is 0 Å². The summed E-state index contributed by atoms with van der Waals surface area (Å²) in [5.74, 6) is 0.638. The van der Waals surface area contributed by atoms with Gasteiger partial charge in [-0.05, 0) is 24.6 Å². The van der Waals surface area contributed by atoms with Crippen molar-refractivity contribution in [2.45, 2.75) is 6.92 Å². The summed E-state index contributed by atoms with van der Waals surface area (Å²) in [6, 6.07) is 5.71. The number of anilines is 1. The molecular formula is C11H11N3O2. The van der Waals surface area contributed by atoms with Gasteiger partial charge >= 0.3 is 0 Å². The van der Waals surface area contributed by atoms with Gasteiger partial charge in [-0.15, -0.1) is 0 Å². The van der Waals surface area contributed by atoms with E-state index in [1.54, 1.807) is 0 Å². The topological polar surface area (TPSA) is 64.1 Å². The summed E-state index contributed by atoms with van der Waals surface area (Å²) < 4.78 is 5.04. The van der Waals surface area contributed by atoms with Crippen LogP contribution in [-0.4, -0.2) is 23.5 Å². The number of nitrogens with one attached hydrogen (secondary N) is 1. The molecular weight excluding hydrogens is 206 g/mol. The Morgan fingerprint density at radius 3 is 2.81 bits per heavy atom. The van der Waals surface area contributed by atoms with Crippen molar-refractivity contribution < 1.29 is 9.53 Å². The molecule has 0 aliphatic carbocycles. The molecule has 5 heteroatoms. The number of carbonyl (C=O) groups excluding carboxylic acids is 1. The number of hydrogen-bond donors (Lipinski definition) is 1. The van der Waals surface area contributed by atoms with Crippen LogP contribution in [0.1, 0.15) is 5.56 Å². The van der Waals surface area contributed by atoms with Crippen LogP contribution in [-0.2, 0) is 4.79 Å². The Kier molecular flexibility index (Phi) is 2.68. The van der Waals surface area contributed by atoms with E-state index in [0.717, 1.165) is 16.6 Å². The number of amides is 1. The first kappa shape index (κ1) is 10.4. The van der Waals surface area contributed by atoms with Gasteiger partial charge in [-0.2, -0.15) is 0 Å². The highest BCUT2D eigenvalue weighted by Crippen LogP contribution is 2.22. The van der Waals surface area contributed by atoms with Gasteiger partial charge in [0.25, 0.3) is 5.88 Å².